The van der Waals surface area contributed by atoms with Crippen LogP contribution < -0.4 is 5.32 Å². The quantitative estimate of drug-likeness (QED) is 0.748. The Balaban J connectivity index is 1.79. The largest absolute Gasteiger partial charge is 0.310 e. The standard InChI is InChI=1S/C24H24ClN3O2/c1-13-10-18-23(19(29)11-13)22(16-7-5-8-17(25)12-16)21(15(3)27-18)24(30)28-20-9-4-6-14(2)26-20/h4-9,12-13,21-22H,10-11H2,1-3H3,(H,26,28,30)/t13-,21?,22+/m1/s1. The number of anilines is 1. The fraction of sp³-hybridized carbons (Fsp3) is 0.333. The molecule has 1 aliphatic heterocycles. The number of benzene rings is 1. The summed E-state index contributed by atoms with van der Waals surface area (Å²) in [6.45, 7) is 5.79. The van der Waals surface area contributed by atoms with Gasteiger partial charge >= 0.3 is 0 Å². The lowest BCUT2D eigenvalue weighted by Gasteiger charge is -2.36. The Labute approximate surface area is 181 Å². The topological polar surface area (TPSA) is 71.4 Å². The van der Waals surface area contributed by atoms with Crippen molar-refractivity contribution in [2.24, 2.45) is 16.8 Å². The van der Waals surface area contributed by atoms with E-state index in [-0.39, 0.29) is 17.6 Å². The van der Waals surface area contributed by atoms with Crippen LogP contribution in [0, 0.1) is 18.8 Å². The molecular formula is C24H24ClN3O2. The molecule has 0 saturated heterocycles. The average molecular weight is 422 g/mol. The number of pyridine rings is 1. The van der Waals surface area contributed by atoms with Crippen LogP contribution in [0.5, 0.6) is 0 Å². The molecule has 0 fully saturated rings. The van der Waals surface area contributed by atoms with E-state index in [1.54, 1.807) is 12.1 Å². The Bertz CT molecular complexity index is 1090. The van der Waals surface area contributed by atoms with E-state index < -0.39 is 11.8 Å². The van der Waals surface area contributed by atoms with Crippen molar-refractivity contribution >= 4 is 34.8 Å². The smallest absolute Gasteiger partial charge is 0.235 e. The number of carbonyl (C=O) groups is 2. The average Bonchev–Trinajstić information content (AvgIpc) is 2.66. The van der Waals surface area contributed by atoms with E-state index in [9.17, 15) is 9.59 Å². The summed E-state index contributed by atoms with van der Waals surface area (Å²) in [4.78, 5) is 35.6. The number of hydrogen-bond acceptors (Lipinski definition) is 4. The molecule has 2 heterocycles. The zero-order valence-electron chi connectivity index (χ0n) is 17.3. The van der Waals surface area contributed by atoms with Gasteiger partial charge in [-0.05, 0) is 56.0 Å². The van der Waals surface area contributed by atoms with Crippen LogP contribution in [-0.2, 0) is 9.59 Å². The number of nitrogens with one attached hydrogen (secondary N) is 1. The predicted octanol–water partition coefficient (Wildman–Crippen LogP) is 5.11. The number of aromatic nitrogens is 1. The van der Waals surface area contributed by atoms with Crippen molar-refractivity contribution in [1.82, 2.24) is 4.98 Å². The first-order valence-corrected chi connectivity index (χ1v) is 10.5. The summed E-state index contributed by atoms with van der Waals surface area (Å²) in [5.74, 6) is -0.452. The molecule has 2 aromatic rings. The lowest BCUT2D eigenvalue weighted by Crippen LogP contribution is -2.39. The van der Waals surface area contributed by atoms with Gasteiger partial charge < -0.3 is 5.32 Å². The summed E-state index contributed by atoms with van der Waals surface area (Å²) in [6, 6.07) is 12.9. The number of ketones is 1. The van der Waals surface area contributed by atoms with Crippen LogP contribution in [0.1, 0.15) is 43.9 Å². The molecular weight excluding hydrogens is 398 g/mol. The Morgan fingerprint density at radius 3 is 2.63 bits per heavy atom. The number of allylic oxidation sites excluding steroid dienone is 2. The molecule has 0 bridgehead atoms. The summed E-state index contributed by atoms with van der Waals surface area (Å²) < 4.78 is 0. The zero-order chi connectivity index (χ0) is 21.4. The molecule has 1 N–H and O–H groups in total. The van der Waals surface area contributed by atoms with Crippen LogP contribution in [0.15, 0.2) is 58.7 Å². The maximum Gasteiger partial charge on any atom is 0.235 e. The molecule has 4 rings (SSSR count). The van der Waals surface area contributed by atoms with Crippen molar-refractivity contribution in [2.45, 2.75) is 39.5 Å². The Morgan fingerprint density at radius 1 is 1.13 bits per heavy atom. The van der Waals surface area contributed by atoms with Gasteiger partial charge in [-0.2, -0.15) is 0 Å². The van der Waals surface area contributed by atoms with E-state index in [4.69, 9.17) is 16.6 Å². The van der Waals surface area contributed by atoms with Crippen LogP contribution in [0.3, 0.4) is 0 Å². The van der Waals surface area contributed by atoms with Gasteiger partial charge in [-0.1, -0.05) is 36.7 Å². The highest BCUT2D eigenvalue weighted by atomic mass is 35.5. The summed E-state index contributed by atoms with van der Waals surface area (Å²) in [6.07, 6.45) is 1.21. The lowest BCUT2D eigenvalue weighted by atomic mass is 9.70. The number of amides is 1. The van der Waals surface area contributed by atoms with Crippen LogP contribution in [-0.4, -0.2) is 22.4 Å². The fourth-order valence-corrected chi connectivity index (χ4v) is 4.66. The molecule has 1 aliphatic carbocycles. The van der Waals surface area contributed by atoms with Gasteiger partial charge in [-0.25, -0.2) is 4.98 Å². The molecule has 1 unspecified atom stereocenters. The first-order valence-electron chi connectivity index (χ1n) is 10.1. The number of aryl methyl sites for hydroxylation is 1. The van der Waals surface area contributed by atoms with Crippen LogP contribution in [0.25, 0.3) is 0 Å². The molecule has 6 heteroatoms. The monoisotopic (exact) mass is 421 g/mol. The molecule has 2 aliphatic rings. The molecule has 0 spiro atoms. The van der Waals surface area contributed by atoms with E-state index in [1.165, 1.54) is 0 Å². The highest BCUT2D eigenvalue weighted by Gasteiger charge is 2.43. The Kier molecular flexibility index (Phi) is 5.56. The first-order chi connectivity index (χ1) is 14.3. The predicted molar refractivity (Wildman–Crippen MR) is 119 cm³/mol. The summed E-state index contributed by atoms with van der Waals surface area (Å²) in [7, 11) is 0. The number of nitrogens with zero attached hydrogens (tertiary/aromatic N) is 2. The molecule has 1 aromatic carbocycles. The number of rotatable bonds is 3. The van der Waals surface area contributed by atoms with Crippen molar-refractivity contribution in [2.75, 3.05) is 5.32 Å². The SMILES string of the molecule is CC1=NC2=C(C(=O)C[C@H](C)C2)[C@@H](c2cccc(Cl)c2)C1C(=O)Nc1cccc(C)n1. The van der Waals surface area contributed by atoms with Crippen molar-refractivity contribution in [3.05, 3.63) is 70.0 Å². The molecule has 3 atom stereocenters. The van der Waals surface area contributed by atoms with Crippen LogP contribution >= 0.6 is 11.6 Å². The molecule has 30 heavy (non-hydrogen) atoms. The minimum atomic E-state index is -0.609. The second-order valence-corrected chi connectivity index (χ2v) is 8.65. The third-order valence-corrected chi connectivity index (χ3v) is 5.96. The minimum Gasteiger partial charge on any atom is -0.310 e. The third-order valence-electron chi connectivity index (χ3n) is 5.72. The van der Waals surface area contributed by atoms with Crippen molar-refractivity contribution in [1.29, 1.82) is 0 Å². The van der Waals surface area contributed by atoms with E-state index in [0.29, 0.717) is 28.5 Å². The van der Waals surface area contributed by atoms with Crippen molar-refractivity contribution in [3.8, 4) is 0 Å². The first kappa shape index (κ1) is 20.5. The lowest BCUT2D eigenvalue weighted by molar-refractivity contribution is -0.119. The van der Waals surface area contributed by atoms with Gasteiger partial charge in [0, 0.05) is 40.0 Å². The summed E-state index contributed by atoms with van der Waals surface area (Å²) in [5, 5.41) is 3.49. The number of halogens is 1. The van der Waals surface area contributed by atoms with E-state index >= 15 is 0 Å². The van der Waals surface area contributed by atoms with Gasteiger partial charge in [0.2, 0.25) is 5.91 Å². The van der Waals surface area contributed by atoms with Crippen molar-refractivity contribution < 1.29 is 9.59 Å². The van der Waals surface area contributed by atoms with E-state index in [0.717, 1.165) is 23.4 Å². The fourth-order valence-electron chi connectivity index (χ4n) is 4.47. The Morgan fingerprint density at radius 2 is 1.90 bits per heavy atom. The zero-order valence-corrected chi connectivity index (χ0v) is 18.0. The molecule has 5 nitrogen and oxygen atoms in total. The summed E-state index contributed by atoms with van der Waals surface area (Å²) in [5.41, 5.74) is 3.82. The van der Waals surface area contributed by atoms with Crippen LogP contribution in [0.4, 0.5) is 5.82 Å². The number of hydrogen-bond donors (Lipinski definition) is 1. The van der Waals surface area contributed by atoms with Crippen LogP contribution in [0.2, 0.25) is 5.02 Å². The van der Waals surface area contributed by atoms with Crippen molar-refractivity contribution in [3.63, 3.8) is 0 Å². The highest BCUT2D eigenvalue weighted by Crippen LogP contribution is 2.45. The van der Waals surface area contributed by atoms with Gasteiger partial charge in [0.25, 0.3) is 0 Å². The van der Waals surface area contributed by atoms with E-state index in [2.05, 4.69) is 17.2 Å². The Hall–Kier alpha value is -2.79. The minimum absolute atomic E-state index is 0.0662. The number of Topliss-reactive ketones (excluding diaryl/α,β-unsaturated/α-hetero) is 1. The highest BCUT2D eigenvalue weighted by molar-refractivity contribution is 6.30. The van der Waals surface area contributed by atoms with Gasteiger partial charge in [0.05, 0.1) is 5.92 Å². The maximum absolute atomic E-state index is 13.4. The third kappa shape index (κ3) is 3.94. The molecule has 0 saturated carbocycles. The normalized spacial score (nSPS) is 23.7. The number of aliphatic imine (C=N–C) groups is 1. The van der Waals surface area contributed by atoms with Gasteiger partial charge in [-0.3, -0.25) is 14.6 Å². The second kappa shape index (κ2) is 8.15. The van der Waals surface area contributed by atoms with E-state index in [1.807, 2.05) is 44.2 Å². The molecule has 154 valence electrons. The second-order valence-electron chi connectivity index (χ2n) is 8.21. The molecule has 1 aromatic heterocycles. The maximum atomic E-state index is 13.4. The van der Waals surface area contributed by atoms with Gasteiger partial charge in [-0.15, -0.1) is 0 Å². The molecule has 1 amide bonds. The van der Waals surface area contributed by atoms with Gasteiger partial charge in [0.15, 0.2) is 5.78 Å². The molecule has 0 radical (unpaired) electrons. The summed E-state index contributed by atoms with van der Waals surface area (Å²) >= 11 is 6.27. The van der Waals surface area contributed by atoms with Gasteiger partial charge in [0.1, 0.15) is 5.82 Å². The number of carbonyl (C=O) groups excluding carboxylic acids is 2.